The summed E-state index contributed by atoms with van der Waals surface area (Å²) in [7, 11) is 1.69. The van der Waals surface area contributed by atoms with Gasteiger partial charge in [-0.3, -0.25) is 14.7 Å². The lowest BCUT2D eigenvalue weighted by Crippen LogP contribution is -2.27. The topological polar surface area (TPSA) is 51.7 Å². The maximum atomic E-state index is 12.2. The fourth-order valence-electron chi connectivity index (χ4n) is 2.72. The Bertz CT molecular complexity index is 424. The number of carbonyl (C=O) groups is 1. The summed E-state index contributed by atoms with van der Waals surface area (Å²) in [5.41, 5.74) is 1.15. The second-order valence-electron chi connectivity index (χ2n) is 5.00. The highest BCUT2D eigenvalue weighted by molar-refractivity contribution is 5.74. The van der Waals surface area contributed by atoms with E-state index in [0.717, 1.165) is 25.2 Å². The second kappa shape index (κ2) is 7.36. The largest absolute Gasteiger partial charge is 0.466 e. The highest BCUT2D eigenvalue weighted by Crippen LogP contribution is 2.33. The summed E-state index contributed by atoms with van der Waals surface area (Å²) >= 11 is 0. The third kappa shape index (κ3) is 3.55. The molecule has 0 radical (unpaired) electrons. The minimum Gasteiger partial charge on any atom is -0.466 e. The van der Waals surface area contributed by atoms with E-state index in [1.807, 2.05) is 19.1 Å². The Kier molecular flexibility index (Phi) is 5.49. The van der Waals surface area contributed by atoms with Gasteiger partial charge >= 0.3 is 5.97 Å². The summed E-state index contributed by atoms with van der Waals surface area (Å²) in [6, 6.07) is 3.97. The van der Waals surface area contributed by atoms with Crippen LogP contribution >= 0.6 is 0 Å². The first kappa shape index (κ1) is 14.9. The molecule has 0 saturated carbocycles. The zero-order valence-corrected chi connectivity index (χ0v) is 12.1. The van der Waals surface area contributed by atoms with Gasteiger partial charge < -0.3 is 9.47 Å². The van der Waals surface area contributed by atoms with Gasteiger partial charge in [0.05, 0.1) is 19.1 Å². The number of methoxy groups -OCH3 is 1. The molecular weight excluding hydrogens is 256 g/mol. The van der Waals surface area contributed by atoms with Crippen molar-refractivity contribution in [1.29, 1.82) is 0 Å². The van der Waals surface area contributed by atoms with Crippen LogP contribution in [0, 0.1) is 5.92 Å². The van der Waals surface area contributed by atoms with Crippen molar-refractivity contribution >= 4 is 5.97 Å². The van der Waals surface area contributed by atoms with Crippen LogP contribution in [-0.2, 0) is 14.3 Å². The lowest BCUT2D eigenvalue weighted by atomic mass is 9.90. The zero-order valence-electron chi connectivity index (χ0n) is 12.1. The highest BCUT2D eigenvalue weighted by atomic mass is 16.5. The van der Waals surface area contributed by atoms with E-state index in [1.165, 1.54) is 0 Å². The SMILES string of the molecule is CCOC(=O)[C@H]1CN(CCOC)C[C@@H]1c1ccncc1. The van der Waals surface area contributed by atoms with Crippen LogP contribution in [0.1, 0.15) is 18.4 Å². The van der Waals surface area contributed by atoms with E-state index in [4.69, 9.17) is 9.47 Å². The predicted octanol–water partition coefficient (Wildman–Crippen LogP) is 1.31. The Balaban J connectivity index is 2.11. The summed E-state index contributed by atoms with van der Waals surface area (Å²) in [6.45, 7) is 5.38. The quantitative estimate of drug-likeness (QED) is 0.734. The first-order valence-electron chi connectivity index (χ1n) is 7.04. The fourth-order valence-corrected chi connectivity index (χ4v) is 2.72. The van der Waals surface area contributed by atoms with Crippen molar-refractivity contribution in [1.82, 2.24) is 9.88 Å². The van der Waals surface area contributed by atoms with Crippen LogP contribution in [0.2, 0.25) is 0 Å². The number of hydrogen-bond acceptors (Lipinski definition) is 5. The number of pyridine rings is 1. The van der Waals surface area contributed by atoms with E-state index < -0.39 is 0 Å². The van der Waals surface area contributed by atoms with Crippen LogP contribution in [0.5, 0.6) is 0 Å². The minimum atomic E-state index is -0.103. The summed E-state index contributed by atoms with van der Waals surface area (Å²) < 4.78 is 10.3. The van der Waals surface area contributed by atoms with Gasteiger partial charge in [-0.05, 0) is 24.6 Å². The molecule has 5 heteroatoms. The summed E-state index contributed by atoms with van der Waals surface area (Å²) in [4.78, 5) is 18.5. The van der Waals surface area contributed by atoms with E-state index >= 15 is 0 Å². The molecule has 2 rings (SSSR count). The average molecular weight is 278 g/mol. The maximum absolute atomic E-state index is 12.2. The molecular formula is C15H22N2O3. The molecule has 1 aliphatic heterocycles. The Morgan fingerprint density at radius 2 is 2.15 bits per heavy atom. The first-order valence-corrected chi connectivity index (χ1v) is 7.04. The van der Waals surface area contributed by atoms with Crippen molar-refractivity contribution in [3.8, 4) is 0 Å². The Labute approximate surface area is 119 Å². The summed E-state index contributed by atoms with van der Waals surface area (Å²) in [5.74, 6) is -0.0302. The molecule has 1 aromatic rings. The molecule has 0 unspecified atom stereocenters. The monoisotopic (exact) mass is 278 g/mol. The number of esters is 1. The third-order valence-corrected chi connectivity index (χ3v) is 3.73. The van der Waals surface area contributed by atoms with Crippen molar-refractivity contribution in [2.45, 2.75) is 12.8 Å². The van der Waals surface area contributed by atoms with Crippen molar-refractivity contribution in [2.24, 2.45) is 5.92 Å². The molecule has 1 saturated heterocycles. The molecule has 0 amide bonds. The van der Waals surface area contributed by atoms with Gasteiger partial charge in [-0.15, -0.1) is 0 Å². The molecule has 1 aliphatic rings. The molecule has 0 aromatic carbocycles. The molecule has 2 atom stereocenters. The van der Waals surface area contributed by atoms with Gasteiger partial charge in [0.25, 0.3) is 0 Å². The lowest BCUT2D eigenvalue weighted by Gasteiger charge is -2.17. The van der Waals surface area contributed by atoms with Crippen LogP contribution in [-0.4, -0.2) is 55.8 Å². The van der Waals surface area contributed by atoms with Gasteiger partial charge in [0.2, 0.25) is 0 Å². The van der Waals surface area contributed by atoms with Crippen LogP contribution < -0.4 is 0 Å². The van der Waals surface area contributed by atoms with E-state index in [2.05, 4.69) is 9.88 Å². The van der Waals surface area contributed by atoms with Crippen LogP contribution in [0.25, 0.3) is 0 Å². The zero-order chi connectivity index (χ0) is 14.4. The van der Waals surface area contributed by atoms with Crippen molar-refractivity contribution in [3.05, 3.63) is 30.1 Å². The van der Waals surface area contributed by atoms with Crippen LogP contribution in [0.15, 0.2) is 24.5 Å². The Hall–Kier alpha value is -1.46. The van der Waals surface area contributed by atoms with Gasteiger partial charge in [0, 0.05) is 45.1 Å². The number of likely N-dealkylation sites (tertiary alicyclic amines) is 1. The smallest absolute Gasteiger partial charge is 0.310 e. The summed E-state index contributed by atoms with van der Waals surface area (Å²) in [6.07, 6.45) is 3.55. The molecule has 20 heavy (non-hydrogen) atoms. The number of hydrogen-bond donors (Lipinski definition) is 0. The molecule has 110 valence electrons. The van der Waals surface area contributed by atoms with Crippen molar-refractivity contribution in [2.75, 3.05) is 40.0 Å². The van der Waals surface area contributed by atoms with Gasteiger partial charge in [-0.1, -0.05) is 0 Å². The fraction of sp³-hybridized carbons (Fsp3) is 0.600. The van der Waals surface area contributed by atoms with E-state index in [9.17, 15) is 4.79 Å². The molecule has 2 heterocycles. The van der Waals surface area contributed by atoms with Crippen LogP contribution in [0.4, 0.5) is 0 Å². The van der Waals surface area contributed by atoms with Gasteiger partial charge in [0.15, 0.2) is 0 Å². The molecule has 1 aromatic heterocycles. The predicted molar refractivity (Wildman–Crippen MR) is 75.4 cm³/mol. The highest BCUT2D eigenvalue weighted by Gasteiger charge is 2.39. The van der Waals surface area contributed by atoms with Gasteiger partial charge in [-0.2, -0.15) is 0 Å². The van der Waals surface area contributed by atoms with Crippen molar-refractivity contribution in [3.63, 3.8) is 0 Å². The van der Waals surface area contributed by atoms with Crippen molar-refractivity contribution < 1.29 is 14.3 Å². The number of carbonyl (C=O) groups excluding carboxylic acids is 1. The first-order chi connectivity index (χ1) is 9.76. The molecule has 0 aliphatic carbocycles. The summed E-state index contributed by atoms with van der Waals surface area (Å²) in [5, 5.41) is 0. The second-order valence-corrected chi connectivity index (χ2v) is 5.00. The van der Waals surface area contributed by atoms with Gasteiger partial charge in [-0.25, -0.2) is 0 Å². The maximum Gasteiger partial charge on any atom is 0.310 e. The molecule has 0 spiro atoms. The standard InChI is InChI=1S/C15H22N2O3/c1-3-20-15(18)14-11-17(8-9-19-2)10-13(14)12-4-6-16-7-5-12/h4-7,13-14H,3,8-11H2,1-2H3/t13-,14+/m1/s1. The number of nitrogens with zero attached hydrogens (tertiary/aromatic N) is 2. The van der Waals surface area contributed by atoms with E-state index in [-0.39, 0.29) is 17.8 Å². The molecule has 0 bridgehead atoms. The Morgan fingerprint density at radius 1 is 1.40 bits per heavy atom. The van der Waals surface area contributed by atoms with Crippen LogP contribution in [0.3, 0.4) is 0 Å². The normalized spacial score (nSPS) is 22.9. The lowest BCUT2D eigenvalue weighted by molar-refractivity contribution is -0.148. The number of ether oxygens (including phenoxy) is 2. The average Bonchev–Trinajstić information content (AvgIpc) is 2.90. The van der Waals surface area contributed by atoms with E-state index in [0.29, 0.717) is 13.2 Å². The number of aromatic nitrogens is 1. The molecule has 5 nitrogen and oxygen atoms in total. The number of rotatable bonds is 6. The molecule has 0 N–H and O–H groups in total. The molecule has 1 fully saturated rings. The third-order valence-electron chi connectivity index (χ3n) is 3.73. The Morgan fingerprint density at radius 3 is 2.80 bits per heavy atom. The van der Waals surface area contributed by atoms with Gasteiger partial charge in [0.1, 0.15) is 0 Å². The minimum absolute atomic E-state index is 0.103. The van der Waals surface area contributed by atoms with E-state index in [1.54, 1.807) is 19.5 Å².